The molecule has 1 unspecified atom stereocenters. The predicted octanol–water partition coefficient (Wildman–Crippen LogP) is 0.333. The molecule has 9 heteroatoms. The fourth-order valence-corrected chi connectivity index (χ4v) is 2.07. The number of amides is 1. The van der Waals surface area contributed by atoms with Crippen molar-refractivity contribution >= 4 is 23.2 Å². The van der Waals surface area contributed by atoms with Crippen molar-refractivity contribution in [3.8, 4) is 11.4 Å². The van der Waals surface area contributed by atoms with Crippen LogP contribution in [0.3, 0.4) is 0 Å². The SMILES string of the molecule is CC(C(=O)O)N(C)C(=O)Cn1nnc(-c2ccsc2)n1. The molecule has 2 aromatic heterocycles. The first-order chi connectivity index (χ1) is 9.49. The van der Waals surface area contributed by atoms with Crippen molar-refractivity contribution in [2.24, 2.45) is 0 Å². The van der Waals surface area contributed by atoms with Gasteiger partial charge in [0.1, 0.15) is 12.6 Å². The molecule has 0 aliphatic heterocycles. The van der Waals surface area contributed by atoms with Crippen LogP contribution in [-0.4, -0.2) is 55.2 Å². The summed E-state index contributed by atoms with van der Waals surface area (Å²) in [6, 6.07) is 0.953. The number of aliphatic carboxylic acids is 1. The first kappa shape index (κ1) is 14.1. The number of aromatic nitrogens is 4. The summed E-state index contributed by atoms with van der Waals surface area (Å²) in [6.45, 7) is 1.29. The summed E-state index contributed by atoms with van der Waals surface area (Å²) in [4.78, 5) is 25.0. The Labute approximate surface area is 118 Å². The van der Waals surface area contributed by atoms with Crippen LogP contribution in [0.15, 0.2) is 16.8 Å². The smallest absolute Gasteiger partial charge is 0.326 e. The second-order valence-corrected chi connectivity index (χ2v) is 4.95. The molecule has 0 radical (unpaired) electrons. The molecule has 0 bridgehead atoms. The highest BCUT2D eigenvalue weighted by Crippen LogP contribution is 2.16. The number of hydrogen-bond donors (Lipinski definition) is 1. The van der Waals surface area contributed by atoms with Crippen LogP contribution >= 0.6 is 11.3 Å². The van der Waals surface area contributed by atoms with Crippen molar-refractivity contribution in [1.29, 1.82) is 0 Å². The Bertz CT molecular complexity index is 609. The number of carbonyl (C=O) groups is 2. The molecule has 1 amide bonds. The molecule has 0 spiro atoms. The van der Waals surface area contributed by atoms with E-state index in [1.54, 1.807) is 0 Å². The minimum Gasteiger partial charge on any atom is -0.480 e. The Morgan fingerprint density at radius 2 is 2.30 bits per heavy atom. The van der Waals surface area contributed by atoms with Gasteiger partial charge in [0, 0.05) is 18.0 Å². The molecular weight excluding hydrogens is 282 g/mol. The Morgan fingerprint density at radius 3 is 2.90 bits per heavy atom. The molecule has 1 atom stereocenters. The molecule has 2 aromatic rings. The number of nitrogens with zero attached hydrogens (tertiary/aromatic N) is 5. The molecule has 0 saturated heterocycles. The highest BCUT2D eigenvalue weighted by Gasteiger charge is 2.22. The molecule has 1 N–H and O–H groups in total. The molecule has 2 heterocycles. The van der Waals surface area contributed by atoms with Crippen LogP contribution < -0.4 is 0 Å². The minimum absolute atomic E-state index is 0.148. The summed E-state index contributed by atoms with van der Waals surface area (Å²) >= 11 is 1.51. The van der Waals surface area contributed by atoms with Gasteiger partial charge in [-0.2, -0.15) is 16.1 Å². The topological polar surface area (TPSA) is 101 Å². The average Bonchev–Trinajstić information content (AvgIpc) is 3.06. The van der Waals surface area contributed by atoms with Gasteiger partial charge in [0.25, 0.3) is 0 Å². The van der Waals surface area contributed by atoms with Gasteiger partial charge >= 0.3 is 5.97 Å². The van der Waals surface area contributed by atoms with Crippen LogP contribution in [0, 0.1) is 0 Å². The lowest BCUT2D eigenvalue weighted by Crippen LogP contribution is -2.42. The van der Waals surface area contributed by atoms with Gasteiger partial charge in [0.2, 0.25) is 11.7 Å². The van der Waals surface area contributed by atoms with E-state index in [-0.39, 0.29) is 6.54 Å². The van der Waals surface area contributed by atoms with Crippen molar-refractivity contribution in [1.82, 2.24) is 25.1 Å². The number of carboxylic acid groups (broad SMARTS) is 1. The van der Waals surface area contributed by atoms with E-state index in [9.17, 15) is 9.59 Å². The highest BCUT2D eigenvalue weighted by atomic mass is 32.1. The lowest BCUT2D eigenvalue weighted by atomic mass is 10.3. The number of thiophene rings is 1. The Kier molecular flexibility index (Phi) is 4.08. The normalized spacial score (nSPS) is 12.1. The van der Waals surface area contributed by atoms with Gasteiger partial charge < -0.3 is 10.0 Å². The van der Waals surface area contributed by atoms with E-state index < -0.39 is 17.9 Å². The molecule has 0 aliphatic rings. The summed E-state index contributed by atoms with van der Waals surface area (Å²) in [5.41, 5.74) is 0.834. The first-order valence-electron chi connectivity index (χ1n) is 5.78. The van der Waals surface area contributed by atoms with E-state index in [1.165, 1.54) is 25.3 Å². The third-order valence-corrected chi connectivity index (χ3v) is 3.52. The van der Waals surface area contributed by atoms with Gasteiger partial charge in [0.15, 0.2) is 0 Å². The third-order valence-electron chi connectivity index (χ3n) is 2.84. The lowest BCUT2D eigenvalue weighted by molar-refractivity contribution is -0.148. The Morgan fingerprint density at radius 1 is 1.55 bits per heavy atom. The van der Waals surface area contributed by atoms with Crippen LogP contribution in [0.4, 0.5) is 0 Å². The predicted molar refractivity (Wildman–Crippen MR) is 71.0 cm³/mol. The van der Waals surface area contributed by atoms with Crippen LogP contribution in [0.1, 0.15) is 6.92 Å². The van der Waals surface area contributed by atoms with E-state index in [2.05, 4.69) is 15.4 Å². The van der Waals surface area contributed by atoms with Crippen molar-refractivity contribution in [2.45, 2.75) is 19.5 Å². The van der Waals surface area contributed by atoms with Crippen molar-refractivity contribution in [3.05, 3.63) is 16.8 Å². The average molecular weight is 295 g/mol. The lowest BCUT2D eigenvalue weighted by Gasteiger charge is -2.20. The maximum absolute atomic E-state index is 11.9. The second kappa shape index (κ2) is 5.78. The number of tetrazole rings is 1. The number of carbonyl (C=O) groups excluding carboxylic acids is 1. The summed E-state index contributed by atoms with van der Waals surface area (Å²) in [5.74, 6) is -1.02. The summed E-state index contributed by atoms with van der Waals surface area (Å²) in [6.07, 6.45) is 0. The van der Waals surface area contributed by atoms with Crippen molar-refractivity contribution < 1.29 is 14.7 Å². The zero-order valence-electron chi connectivity index (χ0n) is 10.9. The Hall–Kier alpha value is -2.29. The zero-order chi connectivity index (χ0) is 14.7. The monoisotopic (exact) mass is 295 g/mol. The second-order valence-electron chi connectivity index (χ2n) is 4.17. The summed E-state index contributed by atoms with van der Waals surface area (Å²) in [5, 5.41) is 24.3. The molecule has 8 nitrogen and oxygen atoms in total. The van der Waals surface area contributed by atoms with E-state index in [0.717, 1.165) is 15.3 Å². The maximum atomic E-state index is 11.9. The van der Waals surface area contributed by atoms with Crippen LogP contribution in [0.2, 0.25) is 0 Å². The van der Waals surface area contributed by atoms with Gasteiger partial charge in [-0.25, -0.2) is 4.79 Å². The van der Waals surface area contributed by atoms with Crippen LogP contribution in [0.25, 0.3) is 11.4 Å². The van der Waals surface area contributed by atoms with E-state index in [4.69, 9.17) is 5.11 Å². The molecule has 20 heavy (non-hydrogen) atoms. The fraction of sp³-hybridized carbons (Fsp3) is 0.364. The van der Waals surface area contributed by atoms with Gasteiger partial charge in [0.05, 0.1) is 0 Å². The third kappa shape index (κ3) is 2.99. The van der Waals surface area contributed by atoms with Crippen LogP contribution in [-0.2, 0) is 16.1 Å². The van der Waals surface area contributed by atoms with E-state index in [1.807, 2.05) is 16.8 Å². The molecule has 0 aromatic carbocycles. The molecule has 0 fully saturated rings. The molecule has 0 aliphatic carbocycles. The number of rotatable bonds is 5. The van der Waals surface area contributed by atoms with Crippen LogP contribution in [0.5, 0.6) is 0 Å². The fourth-order valence-electron chi connectivity index (χ4n) is 1.43. The standard InChI is InChI=1S/C11H13N5O3S/c1-7(11(18)19)15(2)9(17)5-16-13-10(12-14-16)8-3-4-20-6-8/h3-4,6-7H,5H2,1-2H3,(H,18,19). The Balaban J connectivity index is 2.04. The van der Waals surface area contributed by atoms with Gasteiger partial charge in [-0.3, -0.25) is 4.79 Å². The quantitative estimate of drug-likeness (QED) is 0.853. The highest BCUT2D eigenvalue weighted by molar-refractivity contribution is 7.08. The van der Waals surface area contributed by atoms with Crippen molar-refractivity contribution in [3.63, 3.8) is 0 Å². The minimum atomic E-state index is -1.06. The van der Waals surface area contributed by atoms with Gasteiger partial charge in [-0.05, 0) is 23.6 Å². The number of hydrogen-bond acceptors (Lipinski definition) is 6. The van der Waals surface area contributed by atoms with E-state index >= 15 is 0 Å². The maximum Gasteiger partial charge on any atom is 0.326 e. The van der Waals surface area contributed by atoms with Gasteiger partial charge in [-0.1, -0.05) is 0 Å². The molecule has 106 valence electrons. The largest absolute Gasteiger partial charge is 0.480 e. The number of carboxylic acids is 1. The summed E-state index contributed by atoms with van der Waals surface area (Å²) in [7, 11) is 1.43. The summed E-state index contributed by atoms with van der Waals surface area (Å²) < 4.78 is 0. The first-order valence-corrected chi connectivity index (χ1v) is 6.72. The molecule has 0 saturated carbocycles. The van der Waals surface area contributed by atoms with Crippen molar-refractivity contribution in [2.75, 3.05) is 7.05 Å². The molecular formula is C11H13N5O3S. The molecule has 2 rings (SSSR count). The van der Waals surface area contributed by atoms with E-state index in [0.29, 0.717) is 5.82 Å². The zero-order valence-corrected chi connectivity index (χ0v) is 11.7. The van der Waals surface area contributed by atoms with Gasteiger partial charge in [-0.15, -0.1) is 10.2 Å². The number of likely N-dealkylation sites (N-methyl/N-ethyl adjacent to an activating group) is 1.